The lowest BCUT2D eigenvalue weighted by Crippen LogP contribution is -2.32. The van der Waals surface area contributed by atoms with Crippen LogP contribution >= 0.6 is 0 Å². The molecule has 5 nitrogen and oxygen atoms in total. The number of hydrogen-bond acceptors (Lipinski definition) is 3. The maximum atomic E-state index is 10.8. The maximum absolute atomic E-state index is 10.8. The zero-order valence-corrected chi connectivity index (χ0v) is 14.8. The number of carbonyl (C=O) groups is 2. The first-order valence-electron chi connectivity index (χ1n) is 9.22. The lowest BCUT2D eigenvalue weighted by molar-refractivity contribution is -0.138. The summed E-state index contributed by atoms with van der Waals surface area (Å²) in [5.41, 5.74) is 0. The number of rotatable bonds is 17. The van der Waals surface area contributed by atoms with E-state index in [2.05, 4.69) is 6.92 Å². The summed E-state index contributed by atoms with van der Waals surface area (Å²) in [4.78, 5) is 23.2. The molecule has 0 atom stereocenters. The van der Waals surface area contributed by atoms with Crippen molar-refractivity contribution in [1.29, 1.82) is 0 Å². The Morgan fingerprint density at radius 3 is 1.65 bits per heavy atom. The quantitative estimate of drug-likeness (QED) is 0.392. The molecular formula is C18H35NO4. The molecule has 0 aliphatic carbocycles. The molecule has 0 aliphatic rings. The molecule has 0 amide bonds. The Labute approximate surface area is 141 Å². The minimum absolute atomic E-state index is 0.0110. The van der Waals surface area contributed by atoms with Crippen LogP contribution < -0.4 is 0 Å². The van der Waals surface area contributed by atoms with Crippen LogP contribution in [-0.4, -0.2) is 46.7 Å². The summed E-state index contributed by atoms with van der Waals surface area (Å²) < 4.78 is 0. The van der Waals surface area contributed by atoms with Gasteiger partial charge < -0.3 is 10.2 Å². The number of carboxylic acid groups (broad SMARTS) is 2. The van der Waals surface area contributed by atoms with E-state index >= 15 is 0 Å². The predicted molar refractivity (Wildman–Crippen MR) is 92.8 cm³/mol. The molecule has 0 saturated heterocycles. The van der Waals surface area contributed by atoms with Crippen LogP contribution in [0.25, 0.3) is 0 Å². The SMILES string of the molecule is CCCCCCCCCCCCN(CCCC(=O)O)CC(=O)O. The van der Waals surface area contributed by atoms with Crippen molar-refractivity contribution >= 4 is 11.9 Å². The molecule has 0 fully saturated rings. The third kappa shape index (κ3) is 17.1. The van der Waals surface area contributed by atoms with Gasteiger partial charge in [-0.05, 0) is 25.9 Å². The van der Waals surface area contributed by atoms with E-state index in [0.29, 0.717) is 13.0 Å². The molecular weight excluding hydrogens is 294 g/mol. The minimum Gasteiger partial charge on any atom is -0.481 e. The molecule has 0 bridgehead atoms. The van der Waals surface area contributed by atoms with E-state index in [1.165, 1.54) is 51.4 Å². The Balaban J connectivity index is 3.57. The Morgan fingerprint density at radius 1 is 0.696 bits per heavy atom. The fourth-order valence-electron chi connectivity index (χ4n) is 2.74. The molecule has 0 aromatic heterocycles. The highest BCUT2D eigenvalue weighted by Gasteiger charge is 2.09. The molecule has 0 aromatic rings. The molecule has 0 aliphatic heterocycles. The first kappa shape index (κ1) is 21.9. The average Bonchev–Trinajstić information content (AvgIpc) is 2.48. The zero-order chi connectivity index (χ0) is 17.3. The second kappa shape index (κ2) is 15.8. The molecule has 0 spiro atoms. The van der Waals surface area contributed by atoms with E-state index in [4.69, 9.17) is 10.2 Å². The van der Waals surface area contributed by atoms with E-state index in [1.54, 1.807) is 0 Å². The Kier molecular flexibility index (Phi) is 15.0. The second-order valence-corrected chi connectivity index (χ2v) is 6.35. The fourth-order valence-corrected chi connectivity index (χ4v) is 2.74. The predicted octanol–water partition coefficient (Wildman–Crippen LogP) is 4.16. The molecule has 2 N–H and O–H groups in total. The van der Waals surface area contributed by atoms with E-state index in [9.17, 15) is 9.59 Å². The van der Waals surface area contributed by atoms with Crippen LogP contribution in [0.4, 0.5) is 0 Å². The van der Waals surface area contributed by atoms with Crippen LogP contribution in [0, 0.1) is 0 Å². The maximum Gasteiger partial charge on any atom is 0.317 e. The van der Waals surface area contributed by atoms with Gasteiger partial charge in [0.15, 0.2) is 0 Å². The monoisotopic (exact) mass is 329 g/mol. The van der Waals surface area contributed by atoms with Gasteiger partial charge >= 0.3 is 11.9 Å². The van der Waals surface area contributed by atoms with Crippen LogP contribution in [0.1, 0.15) is 84.0 Å². The van der Waals surface area contributed by atoms with Gasteiger partial charge in [-0.2, -0.15) is 0 Å². The van der Waals surface area contributed by atoms with Crippen molar-refractivity contribution < 1.29 is 19.8 Å². The zero-order valence-electron chi connectivity index (χ0n) is 14.8. The van der Waals surface area contributed by atoms with Gasteiger partial charge in [0.1, 0.15) is 0 Å². The van der Waals surface area contributed by atoms with Crippen LogP contribution in [0.3, 0.4) is 0 Å². The highest BCUT2D eigenvalue weighted by atomic mass is 16.4. The Hall–Kier alpha value is -1.10. The van der Waals surface area contributed by atoms with E-state index in [-0.39, 0.29) is 13.0 Å². The summed E-state index contributed by atoms with van der Waals surface area (Å²) in [6.45, 7) is 3.55. The number of aliphatic carboxylic acids is 2. The highest BCUT2D eigenvalue weighted by Crippen LogP contribution is 2.11. The first-order chi connectivity index (χ1) is 11.1. The molecule has 0 heterocycles. The average molecular weight is 329 g/mol. The van der Waals surface area contributed by atoms with Crippen molar-refractivity contribution in [2.75, 3.05) is 19.6 Å². The van der Waals surface area contributed by atoms with Crippen molar-refractivity contribution in [1.82, 2.24) is 4.90 Å². The lowest BCUT2D eigenvalue weighted by atomic mass is 10.1. The largest absolute Gasteiger partial charge is 0.481 e. The minimum atomic E-state index is -0.840. The number of nitrogens with zero attached hydrogens (tertiary/aromatic N) is 1. The molecule has 5 heteroatoms. The van der Waals surface area contributed by atoms with Crippen molar-refractivity contribution in [3.05, 3.63) is 0 Å². The van der Waals surface area contributed by atoms with Crippen molar-refractivity contribution in [2.24, 2.45) is 0 Å². The smallest absolute Gasteiger partial charge is 0.317 e. The summed E-state index contributed by atoms with van der Waals surface area (Å²) in [6, 6.07) is 0. The van der Waals surface area contributed by atoms with Gasteiger partial charge in [-0.3, -0.25) is 14.5 Å². The van der Waals surface area contributed by atoms with E-state index in [0.717, 1.165) is 19.4 Å². The molecule has 136 valence electrons. The number of hydrogen-bond donors (Lipinski definition) is 2. The van der Waals surface area contributed by atoms with Gasteiger partial charge in [-0.15, -0.1) is 0 Å². The van der Waals surface area contributed by atoms with Crippen LogP contribution in [0.5, 0.6) is 0 Å². The van der Waals surface area contributed by atoms with Gasteiger partial charge in [0, 0.05) is 6.42 Å². The topological polar surface area (TPSA) is 77.8 Å². The van der Waals surface area contributed by atoms with Crippen LogP contribution in [0.2, 0.25) is 0 Å². The van der Waals surface area contributed by atoms with Crippen molar-refractivity contribution in [3.8, 4) is 0 Å². The van der Waals surface area contributed by atoms with E-state index in [1.807, 2.05) is 4.90 Å². The Bertz CT molecular complexity index is 307. The van der Waals surface area contributed by atoms with Crippen LogP contribution in [-0.2, 0) is 9.59 Å². The van der Waals surface area contributed by atoms with Gasteiger partial charge in [0.05, 0.1) is 6.54 Å². The third-order valence-corrected chi connectivity index (χ3v) is 4.05. The highest BCUT2D eigenvalue weighted by molar-refractivity contribution is 5.69. The van der Waals surface area contributed by atoms with Gasteiger partial charge in [-0.1, -0.05) is 64.7 Å². The van der Waals surface area contributed by atoms with Gasteiger partial charge in [0.25, 0.3) is 0 Å². The Morgan fingerprint density at radius 2 is 1.17 bits per heavy atom. The summed E-state index contributed by atoms with van der Waals surface area (Å²) >= 11 is 0. The second-order valence-electron chi connectivity index (χ2n) is 6.35. The normalized spacial score (nSPS) is 11.0. The number of carboxylic acids is 2. The molecule has 0 radical (unpaired) electrons. The molecule has 0 aromatic carbocycles. The standard InChI is InChI=1S/C18H35NO4/c1-2-3-4-5-6-7-8-9-10-11-14-19(16-18(22)23)15-12-13-17(20)21/h2-16H2,1H3,(H,20,21)(H,22,23). The summed E-state index contributed by atoms with van der Waals surface area (Å²) in [6.07, 6.45) is 13.2. The third-order valence-electron chi connectivity index (χ3n) is 4.05. The lowest BCUT2D eigenvalue weighted by Gasteiger charge is -2.19. The first-order valence-corrected chi connectivity index (χ1v) is 9.22. The summed E-state index contributed by atoms with van der Waals surface area (Å²) in [7, 11) is 0. The number of unbranched alkanes of at least 4 members (excludes halogenated alkanes) is 9. The van der Waals surface area contributed by atoms with Crippen molar-refractivity contribution in [2.45, 2.75) is 84.0 Å². The molecule has 23 heavy (non-hydrogen) atoms. The molecule has 0 saturated carbocycles. The molecule has 0 rings (SSSR count). The summed E-state index contributed by atoms with van der Waals surface area (Å²) in [5.74, 6) is -1.66. The van der Waals surface area contributed by atoms with Gasteiger partial charge in [-0.25, -0.2) is 0 Å². The fraction of sp³-hybridized carbons (Fsp3) is 0.889. The molecule has 0 unspecified atom stereocenters. The van der Waals surface area contributed by atoms with Gasteiger partial charge in [0.2, 0.25) is 0 Å². The van der Waals surface area contributed by atoms with E-state index < -0.39 is 11.9 Å². The summed E-state index contributed by atoms with van der Waals surface area (Å²) in [5, 5.41) is 17.5. The van der Waals surface area contributed by atoms with Crippen LogP contribution in [0.15, 0.2) is 0 Å². The van der Waals surface area contributed by atoms with Crippen molar-refractivity contribution in [3.63, 3.8) is 0 Å².